The van der Waals surface area contributed by atoms with E-state index in [1.54, 1.807) is 17.4 Å². The monoisotopic (exact) mass is 528 g/mol. The summed E-state index contributed by atoms with van der Waals surface area (Å²) in [4.78, 5) is 25.0. The summed E-state index contributed by atoms with van der Waals surface area (Å²) in [5, 5.41) is 27.1. The molecule has 4 aromatic rings. The highest BCUT2D eigenvalue weighted by Crippen LogP contribution is 2.38. The summed E-state index contributed by atoms with van der Waals surface area (Å²) >= 11 is 1.71. The number of carbonyl (C=O) groups is 2. The van der Waals surface area contributed by atoms with Gasteiger partial charge in [0.05, 0.1) is 0 Å². The quantitative estimate of drug-likeness (QED) is 0.268. The minimum atomic E-state index is -1.82. The molecule has 3 atom stereocenters. The Morgan fingerprint density at radius 1 is 1.16 bits per heavy atom. The summed E-state index contributed by atoms with van der Waals surface area (Å²) < 4.78 is 21.0. The molecule has 2 aromatic carbocycles. The number of hydrogen-bond donors (Lipinski definition) is 4. The minimum absolute atomic E-state index is 0.135. The molecular weight excluding hydrogens is 499 g/mol. The van der Waals surface area contributed by atoms with E-state index in [1.165, 1.54) is 10.9 Å². The van der Waals surface area contributed by atoms with E-state index < -0.39 is 18.0 Å². The number of aliphatic carboxylic acids is 2. The number of aliphatic hydroxyl groups is 1. The molecule has 0 amide bonds. The number of hydrogen-bond acceptors (Lipinski definition) is 6. The smallest absolute Gasteiger partial charge is 0.414 e. The van der Waals surface area contributed by atoms with Crippen LogP contribution in [0.15, 0.2) is 54.7 Å². The number of aromatic amines is 1. The second kappa shape index (κ2) is 11.7. The zero-order chi connectivity index (χ0) is 26.5. The average molecular weight is 529 g/mol. The maximum atomic E-state index is 14.1. The topological polar surface area (TPSA) is 123 Å². The first-order valence-electron chi connectivity index (χ1n) is 12.0. The van der Waals surface area contributed by atoms with E-state index in [4.69, 9.17) is 24.5 Å². The number of H-pyrrole nitrogens is 1. The van der Waals surface area contributed by atoms with Gasteiger partial charge in [-0.3, -0.25) is 4.90 Å². The Hall–Kier alpha value is -3.47. The SMILES string of the molecule is C[C@@H]1C[C@H](c2cc3c(F)cccc3s2)CCN1C[C@H](O)COc1cccc2[nH]ccc12.O=C(O)C(=O)O. The third-order valence-electron chi connectivity index (χ3n) is 6.56. The summed E-state index contributed by atoms with van der Waals surface area (Å²) in [6.45, 7) is 4.01. The van der Waals surface area contributed by atoms with Crippen molar-refractivity contribution in [1.82, 2.24) is 9.88 Å². The second-order valence-electron chi connectivity index (χ2n) is 9.14. The fourth-order valence-corrected chi connectivity index (χ4v) is 5.91. The fraction of sp³-hybridized carbons (Fsp3) is 0.333. The molecule has 196 valence electrons. The van der Waals surface area contributed by atoms with Crippen molar-refractivity contribution in [2.75, 3.05) is 19.7 Å². The number of aromatic nitrogens is 1. The van der Waals surface area contributed by atoms with E-state index in [9.17, 15) is 9.50 Å². The van der Waals surface area contributed by atoms with Gasteiger partial charge in [0.1, 0.15) is 24.3 Å². The molecule has 1 saturated heterocycles. The molecule has 0 radical (unpaired) electrons. The van der Waals surface area contributed by atoms with Gasteiger partial charge in [-0.2, -0.15) is 0 Å². The number of thiophene rings is 1. The van der Waals surface area contributed by atoms with Crippen LogP contribution in [-0.2, 0) is 9.59 Å². The Morgan fingerprint density at radius 3 is 2.62 bits per heavy atom. The molecule has 0 aliphatic carbocycles. The number of piperidine rings is 1. The van der Waals surface area contributed by atoms with Gasteiger partial charge in [0.2, 0.25) is 0 Å². The van der Waals surface area contributed by atoms with Gasteiger partial charge in [-0.25, -0.2) is 14.0 Å². The van der Waals surface area contributed by atoms with E-state index >= 15 is 0 Å². The van der Waals surface area contributed by atoms with Gasteiger partial charge >= 0.3 is 11.9 Å². The number of halogens is 1. The Morgan fingerprint density at radius 2 is 1.92 bits per heavy atom. The highest BCUT2D eigenvalue weighted by atomic mass is 32.1. The predicted octanol–water partition coefficient (Wildman–Crippen LogP) is 4.69. The number of carboxylic acids is 2. The van der Waals surface area contributed by atoms with Crippen molar-refractivity contribution in [1.29, 1.82) is 0 Å². The highest BCUT2D eigenvalue weighted by molar-refractivity contribution is 7.19. The standard InChI is InChI=1S/C25H27FN2O2S.C2H2O4/c1-16-12-17(25-13-20-21(26)4-2-7-24(20)31-25)9-11-28(16)14-18(29)15-30-23-6-3-5-22-19(23)8-10-27-22;3-1(4)2(5)6/h2-8,10,13,16-18,27,29H,9,11-12,14-15H2,1H3;(H,3,4)(H,5,6)/t16-,17-,18+;/m1./s1. The van der Waals surface area contributed by atoms with E-state index in [2.05, 4.69) is 16.8 Å². The molecular formula is C27H29FN2O6S. The number of nitrogens with one attached hydrogen (secondary N) is 1. The maximum Gasteiger partial charge on any atom is 0.414 e. The zero-order valence-corrected chi connectivity index (χ0v) is 21.1. The number of likely N-dealkylation sites (tertiary alicyclic amines) is 1. The normalized spacial score (nSPS) is 18.8. The first-order valence-corrected chi connectivity index (χ1v) is 12.8. The van der Waals surface area contributed by atoms with Crippen LogP contribution in [0, 0.1) is 5.82 Å². The average Bonchev–Trinajstić information content (AvgIpc) is 3.52. The van der Waals surface area contributed by atoms with Crippen LogP contribution in [0.2, 0.25) is 0 Å². The van der Waals surface area contributed by atoms with Gasteiger partial charge in [0.15, 0.2) is 0 Å². The Balaban J connectivity index is 0.000000480. The van der Waals surface area contributed by atoms with Crippen LogP contribution in [-0.4, -0.2) is 69.0 Å². The number of ether oxygens (including phenoxy) is 1. The Bertz CT molecular complexity index is 1370. The van der Waals surface area contributed by atoms with Crippen LogP contribution in [0.1, 0.15) is 30.6 Å². The van der Waals surface area contributed by atoms with E-state index in [0.717, 1.165) is 46.1 Å². The highest BCUT2D eigenvalue weighted by Gasteiger charge is 2.29. The molecule has 4 N–H and O–H groups in total. The van der Waals surface area contributed by atoms with Crippen LogP contribution in [0.3, 0.4) is 0 Å². The predicted molar refractivity (Wildman–Crippen MR) is 140 cm³/mol. The van der Waals surface area contributed by atoms with Gasteiger partial charge in [0.25, 0.3) is 0 Å². The lowest BCUT2D eigenvalue weighted by molar-refractivity contribution is -0.159. The first-order chi connectivity index (χ1) is 17.7. The first kappa shape index (κ1) is 26.6. The molecule has 0 saturated carbocycles. The van der Waals surface area contributed by atoms with Crippen LogP contribution in [0.5, 0.6) is 5.75 Å². The number of rotatable bonds is 6. The maximum absolute atomic E-state index is 14.1. The van der Waals surface area contributed by atoms with Crippen molar-refractivity contribution in [3.8, 4) is 5.75 Å². The van der Waals surface area contributed by atoms with E-state index in [1.807, 2.05) is 42.6 Å². The molecule has 2 aromatic heterocycles. The lowest BCUT2D eigenvalue weighted by atomic mass is 9.90. The van der Waals surface area contributed by atoms with Crippen LogP contribution in [0.4, 0.5) is 4.39 Å². The molecule has 1 fully saturated rings. The summed E-state index contributed by atoms with van der Waals surface area (Å²) in [6, 6.07) is 15.6. The molecule has 0 spiro atoms. The zero-order valence-electron chi connectivity index (χ0n) is 20.3. The van der Waals surface area contributed by atoms with Crippen LogP contribution >= 0.6 is 11.3 Å². The number of β-amino-alcohol motifs (C(OH)–C–C–N with tert-alkyl or cyclic N) is 1. The van der Waals surface area contributed by atoms with Crippen molar-refractivity contribution in [3.63, 3.8) is 0 Å². The number of carboxylic acid groups (broad SMARTS) is 2. The number of aliphatic hydroxyl groups excluding tert-OH is 1. The minimum Gasteiger partial charge on any atom is -0.490 e. The lowest BCUT2D eigenvalue weighted by Crippen LogP contribution is -2.45. The molecule has 0 unspecified atom stereocenters. The molecule has 3 heterocycles. The molecule has 5 rings (SSSR count). The number of fused-ring (bicyclic) bond motifs is 2. The van der Waals surface area contributed by atoms with E-state index in [0.29, 0.717) is 18.5 Å². The summed E-state index contributed by atoms with van der Waals surface area (Å²) in [7, 11) is 0. The van der Waals surface area contributed by atoms with Crippen molar-refractivity contribution >= 4 is 44.3 Å². The molecule has 1 aliphatic rings. The van der Waals surface area contributed by atoms with Crippen molar-refractivity contribution < 1.29 is 34.0 Å². The Kier molecular flexibility index (Phi) is 8.42. The van der Waals surface area contributed by atoms with Gasteiger partial charge < -0.3 is 25.0 Å². The van der Waals surface area contributed by atoms with Crippen molar-refractivity contribution in [2.45, 2.75) is 37.8 Å². The molecule has 10 heteroatoms. The number of nitrogens with zero attached hydrogens (tertiary/aromatic N) is 1. The molecule has 37 heavy (non-hydrogen) atoms. The van der Waals surface area contributed by atoms with E-state index in [-0.39, 0.29) is 12.4 Å². The number of benzene rings is 2. The summed E-state index contributed by atoms with van der Waals surface area (Å²) in [5.41, 5.74) is 1.03. The largest absolute Gasteiger partial charge is 0.490 e. The van der Waals surface area contributed by atoms with Gasteiger partial charge in [-0.05, 0) is 68.6 Å². The third kappa shape index (κ3) is 6.46. The fourth-order valence-electron chi connectivity index (χ4n) is 4.69. The lowest BCUT2D eigenvalue weighted by Gasteiger charge is -2.38. The molecule has 0 bridgehead atoms. The second-order valence-corrected chi connectivity index (χ2v) is 10.3. The van der Waals surface area contributed by atoms with Crippen LogP contribution < -0.4 is 4.74 Å². The van der Waals surface area contributed by atoms with Crippen molar-refractivity contribution in [2.24, 2.45) is 0 Å². The van der Waals surface area contributed by atoms with Gasteiger partial charge in [0, 0.05) is 44.6 Å². The third-order valence-corrected chi connectivity index (χ3v) is 7.82. The molecule has 1 aliphatic heterocycles. The summed E-state index contributed by atoms with van der Waals surface area (Å²) in [5.74, 6) is -2.54. The van der Waals surface area contributed by atoms with Crippen molar-refractivity contribution in [3.05, 3.63) is 65.4 Å². The molecule has 8 nitrogen and oxygen atoms in total. The van der Waals surface area contributed by atoms with Gasteiger partial charge in [-0.15, -0.1) is 11.3 Å². The van der Waals surface area contributed by atoms with Crippen LogP contribution in [0.25, 0.3) is 21.0 Å². The Labute approximate surface area is 216 Å². The summed E-state index contributed by atoms with van der Waals surface area (Å²) in [6.07, 6.45) is 3.39. The van der Waals surface area contributed by atoms with Gasteiger partial charge in [-0.1, -0.05) is 12.1 Å².